The van der Waals surface area contributed by atoms with Gasteiger partial charge in [-0.3, -0.25) is 5.32 Å². The van der Waals surface area contributed by atoms with Crippen LogP contribution < -0.4 is 10.2 Å². The van der Waals surface area contributed by atoms with E-state index in [0.29, 0.717) is 6.04 Å². The van der Waals surface area contributed by atoms with E-state index in [-0.39, 0.29) is 0 Å². The van der Waals surface area contributed by atoms with Crippen molar-refractivity contribution in [3.8, 4) is 0 Å². The van der Waals surface area contributed by atoms with E-state index in [4.69, 9.17) is 0 Å². The molecule has 0 saturated heterocycles. The monoisotopic (exact) mass is 230 g/mol. The minimum atomic E-state index is 0.354. The Balaban J connectivity index is 2.08. The molecule has 1 aromatic heterocycles. The van der Waals surface area contributed by atoms with Gasteiger partial charge in [-0.05, 0) is 23.1 Å². The predicted molar refractivity (Wildman–Crippen MR) is 69.0 cm³/mol. The third-order valence-electron chi connectivity index (χ3n) is 3.02. The lowest BCUT2D eigenvalue weighted by Crippen LogP contribution is -2.39. The molecule has 0 saturated carbocycles. The van der Waals surface area contributed by atoms with Crippen LogP contribution in [0.15, 0.2) is 41.8 Å². The van der Waals surface area contributed by atoms with Crippen LogP contribution in [-0.2, 0) is 0 Å². The van der Waals surface area contributed by atoms with Crippen molar-refractivity contribution in [3.63, 3.8) is 0 Å². The Hall–Kier alpha value is -1.32. The first-order valence-electron chi connectivity index (χ1n) is 5.43. The van der Waals surface area contributed by atoms with Gasteiger partial charge < -0.3 is 4.90 Å². The van der Waals surface area contributed by atoms with E-state index in [1.807, 2.05) is 11.3 Å². The molecular weight excluding hydrogens is 216 g/mol. The average Bonchev–Trinajstić information content (AvgIpc) is 2.83. The Morgan fingerprint density at radius 3 is 2.94 bits per heavy atom. The molecule has 2 heterocycles. The minimum absolute atomic E-state index is 0.354. The van der Waals surface area contributed by atoms with Gasteiger partial charge in [-0.1, -0.05) is 24.3 Å². The number of anilines is 1. The zero-order valence-corrected chi connectivity index (χ0v) is 10.00. The van der Waals surface area contributed by atoms with Crippen LogP contribution in [0.3, 0.4) is 0 Å². The van der Waals surface area contributed by atoms with Crippen molar-refractivity contribution < 1.29 is 0 Å². The van der Waals surface area contributed by atoms with Gasteiger partial charge in [0.25, 0.3) is 0 Å². The molecule has 3 heteroatoms. The summed E-state index contributed by atoms with van der Waals surface area (Å²) in [6.45, 7) is 0.902. The van der Waals surface area contributed by atoms with Crippen LogP contribution in [0, 0.1) is 0 Å². The second-order valence-electron chi connectivity index (χ2n) is 4.07. The SMILES string of the molecule is CN1CNC(c2cccs2)c2ccccc21. The highest BCUT2D eigenvalue weighted by molar-refractivity contribution is 7.10. The average molecular weight is 230 g/mol. The summed E-state index contributed by atoms with van der Waals surface area (Å²) in [5.74, 6) is 0. The molecule has 2 nitrogen and oxygen atoms in total. The number of thiophene rings is 1. The van der Waals surface area contributed by atoms with Crippen molar-refractivity contribution in [3.05, 3.63) is 52.2 Å². The van der Waals surface area contributed by atoms with Crippen molar-refractivity contribution in [1.29, 1.82) is 0 Å². The van der Waals surface area contributed by atoms with Gasteiger partial charge >= 0.3 is 0 Å². The van der Waals surface area contributed by atoms with Gasteiger partial charge in [-0.15, -0.1) is 11.3 Å². The molecule has 0 fully saturated rings. The van der Waals surface area contributed by atoms with E-state index in [9.17, 15) is 0 Å². The number of hydrogen-bond donors (Lipinski definition) is 1. The van der Waals surface area contributed by atoms with Gasteiger partial charge in [-0.25, -0.2) is 0 Å². The molecule has 0 spiro atoms. The lowest BCUT2D eigenvalue weighted by atomic mass is 10.0. The highest BCUT2D eigenvalue weighted by Gasteiger charge is 2.23. The van der Waals surface area contributed by atoms with Crippen molar-refractivity contribution in [1.82, 2.24) is 5.32 Å². The molecule has 0 amide bonds. The molecule has 1 unspecified atom stereocenters. The first-order valence-corrected chi connectivity index (χ1v) is 6.31. The van der Waals surface area contributed by atoms with Crippen molar-refractivity contribution in [2.45, 2.75) is 6.04 Å². The molecule has 1 aliphatic rings. The summed E-state index contributed by atoms with van der Waals surface area (Å²) in [5, 5.41) is 5.70. The summed E-state index contributed by atoms with van der Waals surface area (Å²) in [7, 11) is 2.12. The number of nitrogens with zero attached hydrogens (tertiary/aromatic N) is 1. The van der Waals surface area contributed by atoms with Gasteiger partial charge in [0.1, 0.15) is 0 Å². The molecule has 2 aromatic rings. The molecule has 16 heavy (non-hydrogen) atoms. The Morgan fingerprint density at radius 2 is 2.12 bits per heavy atom. The predicted octanol–water partition coefficient (Wildman–Crippen LogP) is 2.83. The number of hydrogen-bond acceptors (Lipinski definition) is 3. The van der Waals surface area contributed by atoms with Gasteiger partial charge in [0.05, 0.1) is 12.7 Å². The molecule has 1 aliphatic heterocycles. The topological polar surface area (TPSA) is 15.3 Å². The van der Waals surface area contributed by atoms with Crippen LogP contribution in [-0.4, -0.2) is 13.7 Å². The Bertz CT molecular complexity index is 478. The molecule has 1 aromatic carbocycles. The lowest BCUT2D eigenvalue weighted by molar-refractivity contribution is 0.579. The molecule has 82 valence electrons. The maximum absolute atomic E-state index is 3.56. The largest absolute Gasteiger partial charge is 0.362 e. The summed E-state index contributed by atoms with van der Waals surface area (Å²) in [6, 6.07) is 13.3. The van der Waals surface area contributed by atoms with Crippen LogP contribution in [0.4, 0.5) is 5.69 Å². The molecule has 0 radical (unpaired) electrons. The van der Waals surface area contributed by atoms with Crippen LogP contribution in [0.1, 0.15) is 16.5 Å². The number of rotatable bonds is 1. The third-order valence-corrected chi connectivity index (χ3v) is 3.96. The summed E-state index contributed by atoms with van der Waals surface area (Å²) in [4.78, 5) is 3.64. The number of benzene rings is 1. The first kappa shape index (κ1) is 9.87. The minimum Gasteiger partial charge on any atom is -0.362 e. The van der Waals surface area contributed by atoms with Crippen LogP contribution in [0.5, 0.6) is 0 Å². The molecule has 0 aliphatic carbocycles. The summed E-state index contributed by atoms with van der Waals surface area (Å²) < 4.78 is 0. The van der Waals surface area contributed by atoms with Gasteiger partial charge in [0.2, 0.25) is 0 Å². The van der Waals surface area contributed by atoms with Crippen molar-refractivity contribution >= 4 is 17.0 Å². The highest BCUT2D eigenvalue weighted by atomic mass is 32.1. The zero-order chi connectivity index (χ0) is 11.0. The first-order chi connectivity index (χ1) is 7.86. The Morgan fingerprint density at radius 1 is 1.25 bits per heavy atom. The number of para-hydroxylation sites is 1. The maximum atomic E-state index is 3.56. The quantitative estimate of drug-likeness (QED) is 0.810. The van der Waals surface area contributed by atoms with Crippen LogP contribution in [0.25, 0.3) is 0 Å². The smallest absolute Gasteiger partial charge is 0.0704 e. The van der Waals surface area contributed by atoms with E-state index in [1.165, 1.54) is 16.1 Å². The molecule has 1 N–H and O–H groups in total. The van der Waals surface area contributed by atoms with E-state index < -0.39 is 0 Å². The maximum Gasteiger partial charge on any atom is 0.0704 e. The Kier molecular flexibility index (Phi) is 2.42. The van der Waals surface area contributed by atoms with E-state index in [0.717, 1.165) is 6.67 Å². The second kappa shape index (κ2) is 3.92. The van der Waals surface area contributed by atoms with Crippen LogP contribution >= 0.6 is 11.3 Å². The van der Waals surface area contributed by atoms with Crippen LogP contribution in [0.2, 0.25) is 0 Å². The Labute approximate surface area is 99.5 Å². The van der Waals surface area contributed by atoms with E-state index >= 15 is 0 Å². The van der Waals surface area contributed by atoms with Crippen molar-refractivity contribution in [2.75, 3.05) is 18.6 Å². The van der Waals surface area contributed by atoms with E-state index in [2.05, 4.69) is 59.0 Å². The molecule has 3 rings (SSSR count). The molecule has 1 atom stereocenters. The third kappa shape index (κ3) is 1.52. The highest BCUT2D eigenvalue weighted by Crippen LogP contribution is 2.34. The molecule has 0 bridgehead atoms. The normalized spacial score (nSPS) is 19.6. The van der Waals surface area contributed by atoms with Gasteiger partial charge in [-0.2, -0.15) is 0 Å². The number of nitrogens with one attached hydrogen (secondary N) is 1. The van der Waals surface area contributed by atoms with Crippen molar-refractivity contribution in [2.24, 2.45) is 0 Å². The standard InChI is InChI=1S/C13H14N2S/c1-15-9-14-13(12-7-4-8-16-12)10-5-2-3-6-11(10)15/h2-8,13-14H,9H2,1H3. The summed E-state index contributed by atoms with van der Waals surface area (Å²) in [6.07, 6.45) is 0. The molecular formula is C13H14N2S. The number of fused-ring (bicyclic) bond motifs is 1. The van der Waals surface area contributed by atoms with Gasteiger partial charge in [0, 0.05) is 17.6 Å². The fourth-order valence-electron chi connectivity index (χ4n) is 2.21. The second-order valence-corrected chi connectivity index (χ2v) is 5.05. The lowest BCUT2D eigenvalue weighted by Gasteiger charge is -2.33. The van der Waals surface area contributed by atoms with E-state index in [1.54, 1.807) is 0 Å². The zero-order valence-electron chi connectivity index (χ0n) is 9.18. The summed E-state index contributed by atoms with van der Waals surface area (Å²) in [5.41, 5.74) is 2.71. The van der Waals surface area contributed by atoms with Gasteiger partial charge in [0.15, 0.2) is 0 Å². The fourth-order valence-corrected chi connectivity index (χ4v) is 3.03. The fraction of sp³-hybridized carbons (Fsp3) is 0.231. The summed E-state index contributed by atoms with van der Waals surface area (Å²) >= 11 is 1.81.